The Morgan fingerprint density at radius 2 is 2.25 bits per heavy atom. The second kappa shape index (κ2) is 6.04. The van der Waals surface area contributed by atoms with E-state index in [4.69, 9.17) is 9.47 Å². The van der Waals surface area contributed by atoms with Gasteiger partial charge in [0.1, 0.15) is 5.75 Å². The van der Waals surface area contributed by atoms with Gasteiger partial charge in [0.05, 0.1) is 12.2 Å². The molecule has 20 heavy (non-hydrogen) atoms. The fourth-order valence-electron chi connectivity index (χ4n) is 3.09. The SMILES string of the molecule is COC1(CNC2CCCOc3cc(Br)ccc32)CCC1. The van der Waals surface area contributed by atoms with Crippen LogP contribution in [0.4, 0.5) is 0 Å². The highest BCUT2D eigenvalue weighted by Crippen LogP contribution is 2.37. The van der Waals surface area contributed by atoms with Crippen LogP contribution in [0.3, 0.4) is 0 Å². The summed E-state index contributed by atoms with van der Waals surface area (Å²) >= 11 is 3.52. The van der Waals surface area contributed by atoms with Crippen LogP contribution >= 0.6 is 15.9 Å². The Morgan fingerprint density at radius 3 is 2.95 bits per heavy atom. The Labute approximate surface area is 129 Å². The molecule has 0 radical (unpaired) electrons. The first kappa shape index (κ1) is 14.4. The molecule has 0 bridgehead atoms. The molecule has 0 spiro atoms. The van der Waals surface area contributed by atoms with Gasteiger partial charge in [-0.3, -0.25) is 0 Å². The predicted octanol–water partition coefficient (Wildman–Crippen LogP) is 3.82. The molecule has 1 unspecified atom stereocenters. The Balaban J connectivity index is 1.73. The van der Waals surface area contributed by atoms with Gasteiger partial charge in [0.25, 0.3) is 0 Å². The summed E-state index contributed by atoms with van der Waals surface area (Å²) < 4.78 is 12.6. The van der Waals surface area contributed by atoms with E-state index in [1.165, 1.54) is 24.8 Å². The van der Waals surface area contributed by atoms with E-state index < -0.39 is 0 Å². The molecular weight excluding hydrogens is 318 g/mol. The minimum atomic E-state index is 0.0721. The van der Waals surface area contributed by atoms with E-state index in [0.29, 0.717) is 6.04 Å². The minimum Gasteiger partial charge on any atom is -0.493 e. The molecule has 1 fully saturated rings. The lowest BCUT2D eigenvalue weighted by molar-refractivity contribution is -0.0710. The molecule has 3 nitrogen and oxygen atoms in total. The second-order valence-electron chi connectivity index (χ2n) is 5.85. The molecule has 1 aromatic rings. The average Bonchev–Trinajstić information content (AvgIpc) is 2.60. The number of rotatable bonds is 4. The first-order chi connectivity index (χ1) is 9.72. The van der Waals surface area contributed by atoms with Gasteiger partial charge in [0.2, 0.25) is 0 Å². The highest BCUT2D eigenvalue weighted by atomic mass is 79.9. The highest BCUT2D eigenvalue weighted by Gasteiger charge is 2.37. The smallest absolute Gasteiger partial charge is 0.125 e. The van der Waals surface area contributed by atoms with Gasteiger partial charge in [-0.1, -0.05) is 22.0 Å². The molecule has 1 aliphatic carbocycles. The van der Waals surface area contributed by atoms with Gasteiger partial charge in [0.15, 0.2) is 0 Å². The van der Waals surface area contributed by atoms with Crippen molar-refractivity contribution in [3.63, 3.8) is 0 Å². The van der Waals surface area contributed by atoms with Crippen molar-refractivity contribution in [2.24, 2.45) is 0 Å². The summed E-state index contributed by atoms with van der Waals surface area (Å²) in [6.45, 7) is 1.74. The highest BCUT2D eigenvalue weighted by molar-refractivity contribution is 9.10. The quantitative estimate of drug-likeness (QED) is 0.904. The summed E-state index contributed by atoms with van der Waals surface area (Å²) in [5, 5.41) is 3.71. The summed E-state index contributed by atoms with van der Waals surface area (Å²) in [6, 6.07) is 6.71. The fraction of sp³-hybridized carbons (Fsp3) is 0.625. The first-order valence-corrected chi connectivity index (χ1v) is 8.22. The van der Waals surface area contributed by atoms with Crippen molar-refractivity contribution in [3.05, 3.63) is 28.2 Å². The monoisotopic (exact) mass is 339 g/mol. The van der Waals surface area contributed by atoms with E-state index in [2.05, 4.69) is 39.4 Å². The largest absolute Gasteiger partial charge is 0.493 e. The van der Waals surface area contributed by atoms with Gasteiger partial charge in [-0.25, -0.2) is 0 Å². The topological polar surface area (TPSA) is 30.5 Å². The maximum absolute atomic E-state index is 5.86. The van der Waals surface area contributed by atoms with Gasteiger partial charge in [-0.05, 0) is 44.2 Å². The van der Waals surface area contributed by atoms with Crippen LogP contribution < -0.4 is 10.1 Å². The van der Waals surface area contributed by atoms with E-state index in [1.807, 2.05) is 7.11 Å². The summed E-state index contributed by atoms with van der Waals surface area (Å²) in [4.78, 5) is 0. The zero-order valence-electron chi connectivity index (χ0n) is 12.0. The van der Waals surface area contributed by atoms with E-state index in [9.17, 15) is 0 Å². The molecule has 1 aliphatic heterocycles. The van der Waals surface area contributed by atoms with Crippen LogP contribution in [-0.2, 0) is 4.74 Å². The Bertz CT molecular complexity index is 468. The average molecular weight is 340 g/mol. The van der Waals surface area contributed by atoms with Gasteiger partial charge in [0, 0.05) is 29.7 Å². The maximum Gasteiger partial charge on any atom is 0.125 e. The van der Waals surface area contributed by atoms with Crippen LogP contribution in [-0.4, -0.2) is 25.9 Å². The van der Waals surface area contributed by atoms with Crippen LogP contribution in [0.15, 0.2) is 22.7 Å². The minimum absolute atomic E-state index is 0.0721. The number of ether oxygens (including phenoxy) is 2. The van der Waals surface area contributed by atoms with Crippen molar-refractivity contribution in [1.29, 1.82) is 0 Å². The maximum atomic E-state index is 5.86. The van der Waals surface area contributed by atoms with Gasteiger partial charge >= 0.3 is 0 Å². The molecule has 1 atom stereocenters. The first-order valence-electron chi connectivity index (χ1n) is 7.43. The Kier molecular flexibility index (Phi) is 4.34. The van der Waals surface area contributed by atoms with Gasteiger partial charge < -0.3 is 14.8 Å². The van der Waals surface area contributed by atoms with E-state index >= 15 is 0 Å². The number of benzene rings is 1. The molecule has 4 heteroatoms. The number of fused-ring (bicyclic) bond motifs is 1. The second-order valence-corrected chi connectivity index (χ2v) is 6.76. The number of halogens is 1. The van der Waals surface area contributed by atoms with E-state index in [0.717, 1.165) is 36.2 Å². The van der Waals surface area contributed by atoms with Crippen molar-refractivity contribution < 1.29 is 9.47 Å². The Hall–Kier alpha value is -0.580. The molecule has 110 valence electrons. The zero-order valence-corrected chi connectivity index (χ0v) is 13.5. The van der Waals surface area contributed by atoms with Crippen LogP contribution in [0, 0.1) is 0 Å². The molecule has 1 aromatic carbocycles. The third kappa shape index (κ3) is 2.87. The van der Waals surface area contributed by atoms with Crippen molar-refractivity contribution in [3.8, 4) is 5.75 Å². The summed E-state index contributed by atoms with van der Waals surface area (Å²) in [5.41, 5.74) is 1.35. The van der Waals surface area contributed by atoms with Crippen LogP contribution in [0.2, 0.25) is 0 Å². The van der Waals surface area contributed by atoms with Crippen molar-refractivity contribution in [1.82, 2.24) is 5.32 Å². The molecule has 1 heterocycles. The molecule has 1 saturated carbocycles. The normalized spacial score (nSPS) is 24.2. The lowest BCUT2D eigenvalue weighted by atomic mass is 9.79. The van der Waals surface area contributed by atoms with Gasteiger partial charge in [-0.15, -0.1) is 0 Å². The zero-order chi connectivity index (χ0) is 14.0. The Morgan fingerprint density at radius 1 is 1.40 bits per heavy atom. The molecule has 0 amide bonds. The fourth-order valence-corrected chi connectivity index (χ4v) is 3.43. The van der Waals surface area contributed by atoms with Crippen molar-refractivity contribution in [2.45, 2.75) is 43.7 Å². The van der Waals surface area contributed by atoms with Gasteiger partial charge in [-0.2, -0.15) is 0 Å². The molecule has 0 aromatic heterocycles. The van der Waals surface area contributed by atoms with Crippen molar-refractivity contribution in [2.75, 3.05) is 20.3 Å². The summed E-state index contributed by atoms with van der Waals surface area (Å²) in [7, 11) is 1.84. The molecule has 0 saturated heterocycles. The summed E-state index contributed by atoms with van der Waals surface area (Å²) in [5.74, 6) is 1.01. The molecular formula is C16H22BrNO2. The standard InChI is InChI=1S/C16H22BrNO2/c1-19-16(7-3-8-16)11-18-14-4-2-9-20-15-10-12(17)5-6-13(14)15/h5-6,10,14,18H,2-4,7-9,11H2,1H3. The number of nitrogens with one attached hydrogen (secondary N) is 1. The third-order valence-corrected chi connectivity index (χ3v) is 5.11. The van der Waals surface area contributed by atoms with E-state index in [-0.39, 0.29) is 5.60 Å². The lowest BCUT2D eigenvalue weighted by Crippen LogP contribution is -2.48. The molecule has 2 aliphatic rings. The number of hydrogen-bond donors (Lipinski definition) is 1. The summed E-state index contributed by atoms with van der Waals surface area (Å²) in [6.07, 6.45) is 5.84. The molecule has 1 N–H and O–H groups in total. The van der Waals surface area contributed by atoms with E-state index in [1.54, 1.807) is 0 Å². The number of hydrogen-bond acceptors (Lipinski definition) is 3. The predicted molar refractivity (Wildman–Crippen MR) is 83.2 cm³/mol. The van der Waals surface area contributed by atoms with Crippen LogP contribution in [0.25, 0.3) is 0 Å². The van der Waals surface area contributed by atoms with Crippen LogP contribution in [0.5, 0.6) is 5.75 Å². The third-order valence-electron chi connectivity index (χ3n) is 4.61. The molecule has 3 rings (SSSR count). The van der Waals surface area contributed by atoms with Crippen LogP contribution in [0.1, 0.15) is 43.7 Å². The van der Waals surface area contributed by atoms with Crippen molar-refractivity contribution >= 4 is 15.9 Å². The number of methoxy groups -OCH3 is 1. The lowest BCUT2D eigenvalue weighted by Gasteiger charge is -2.41.